The first-order valence-corrected chi connectivity index (χ1v) is 9.44. The number of anilines is 2. The molecule has 0 saturated heterocycles. The number of benzene rings is 1. The van der Waals surface area contributed by atoms with Crippen molar-refractivity contribution in [3.05, 3.63) is 42.1 Å². The maximum Gasteiger partial charge on any atom is 0.449 e. The van der Waals surface area contributed by atoms with Crippen molar-refractivity contribution in [2.45, 2.75) is 26.1 Å². The van der Waals surface area contributed by atoms with Crippen LogP contribution in [0.1, 0.15) is 31.4 Å². The molecule has 0 spiro atoms. The third-order valence-electron chi connectivity index (χ3n) is 4.81. The Kier molecular flexibility index (Phi) is 4.99. The van der Waals surface area contributed by atoms with E-state index in [0.29, 0.717) is 11.4 Å². The summed E-state index contributed by atoms with van der Waals surface area (Å²) in [6, 6.07) is 5.06. The molecule has 3 heterocycles. The van der Waals surface area contributed by atoms with Gasteiger partial charge in [-0.3, -0.25) is 4.68 Å². The number of H-pyrrole nitrogens is 1. The van der Waals surface area contributed by atoms with E-state index in [4.69, 9.17) is 5.73 Å². The molecule has 31 heavy (non-hydrogen) atoms. The average Bonchev–Trinajstić information content (AvgIpc) is 3.32. The van der Waals surface area contributed by atoms with Crippen LogP contribution < -0.4 is 11.1 Å². The van der Waals surface area contributed by atoms with Gasteiger partial charge < -0.3 is 16.0 Å². The molecule has 4 N–H and O–H groups in total. The number of nitrogen functional groups attached to an aromatic ring is 1. The third-order valence-corrected chi connectivity index (χ3v) is 4.81. The molecule has 0 radical (unpaired) electrons. The second-order valence-electron chi connectivity index (χ2n) is 7.43. The second kappa shape index (κ2) is 7.52. The van der Waals surface area contributed by atoms with Gasteiger partial charge in [-0.25, -0.2) is 4.98 Å². The number of nitrogens with two attached hydrogens (primary N) is 1. The SMILES string of the molecule is CC(C)C(Nc1nc(N)nc(-c2ccc3c(cnn3C)c2)n1)c1cnc(C(F)(F)F)[nH]1. The zero-order chi connectivity index (χ0) is 22.3. The minimum absolute atomic E-state index is 0.0121. The molecule has 162 valence electrons. The lowest BCUT2D eigenvalue weighted by Gasteiger charge is -2.21. The zero-order valence-corrected chi connectivity index (χ0v) is 16.9. The highest BCUT2D eigenvalue weighted by Gasteiger charge is 2.35. The van der Waals surface area contributed by atoms with Gasteiger partial charge in [-0.2, -0.15) is 33.2 Å². The minimum atomic E-state index is -4.56. The van der Waals surface area contributed by atoms with Gasteiger partial charge >= 0.3 is 6.18 Å². The number of hydrogen-bond donors (Lipinski definition) is 3. The first-order valence-electron chi connectivity index (χ1n) is 9.44. The van der Waals surface area contributed by atoms with Gasteiger partial charge in [0.2, 0.25) is 17.7 Å². The van der Waals surface area contributed by atoms with Crippen molar-refractivity contribution < 1.29 is 13.2 Å². The number of rotatable bonds is 5. The molecule has 0 saturated carbocycles. The first kappa shape index (κ1) is 20.6. The van der Waals surface area contributed by atoms with E-state index in [0.717, 1.165) is 17.1 Å². The van der Waals surface area contributed by atoms with Crippen molar-refractivity contribution in [3.63, 3.8) is 0 Å². The molecule has 3 aromatic heterocycles. The topological polar surface area (TPSA) is 123 Å². The molecule has 0 bridgehead atoms. The van der Waals surface area contributed by atoms with Crippen molar-refractivity contribution in [2.75, 3.05) is 11.1 Å². The minimum Gasteiger partial charge on any atom is -0.368 e. The van der Waals surface area contributed by atoms with Gasteiger partial charge in [0, 0.05) is 18.0 Å². The summed E-state index contributed by atoms with van der Waals surface area (Å²) in [6.07, 6.45) is -1.68. The molecule has 1 atom stereocenters. The third kappa shape index (κ3) is 4.13. The van der Waals surface area contributed by atoms with E-state index in [1.54, 1.807) is 10.9 Å². The Morgan fingerprint density at radius 2 is 1.90 bits per heavy atom. The Labute approximate surface area is 174 Å². The first-order chi connectivity index (χ1) is 14.6. The van der Waals surface area contributed by atoms with Crippen LogP contribution in [-0.4, -0.2) is 34.7 Å². The Hall–Kier alpha value is -3.70. The number of hydrogen-bond acceptors (Lipinski definition) is 7. The number of alkyl halides is 3. The normalized spacial score (nSPS) is 13.1. The van der Waals surface area contributed by atoms with Gasteiger partial charge in [0.1, 0.15) is 0 Å². The fourth-order valence-electron chi connectivity index (χ4n) is 3.27. The van der Waals surface area contributed by atoms with Crippen molar-refractivity contribution in [1.82, 2.24) is 34.7 Å². The van der Waals surface area contributed by atoms with Crippen LogP contribution in [0.5, 0.6) is 0 Å². The van der Waals surface area contributed by atoms with Crippen LogP contribution in [0.3, 0.4) is 0 Å². The predicted octanol–water partition coefficient (Wildman–Crippen LogP) is 3.56. The van der Waals surface area contributed by atoms with Crippen molar-refractivity contribution in [1.29, 1.82) is 0 Å². The standard InChI is InChI=1S/C19H20F3N9/c1-9(2)14(12-8-24-16(26-12)19(20,21)22)27-18-29-15(28-17(23)30-18)10-4-5-13-11(6-10)7-25-31(13)3/h4-9,14H,1-3H3,(H,24,26)(H3,23,27,28,29,30). The summed E-state index contributed by atoms with van der Waals surface area (Å²) < 4.78 is 40.5. The fourth-order valence-corrected chi connectivity index (χ4v) is 3.27. The number of fused-ring (bicyclic) bond motifs is 1. The fraction of sp³-hybridized carbons (Fsp3) is 0.316. The second-order valence-corrected chi connectivity index (χ2v) is 7.43. The molecule has 9 nitrogen and oxygen atoms in total. The zero-order valence-electron chi connectivity index (χ0n) is 16.9. The van der Waals surface area contributed by atoms with Gasteiger partial charge in [0.15, 0.2) is 5.82 Å². The average molecular weight is 431 g/mol. The van der Waals surface area contributed by atoms with E-state index in [1.807, 2.05) is 39.1 Å². The van der Waals surface area contributed by atoms with Crippen LogP contribution in [0, 0.1) is 5.92 Å². The van der Waals surface area contributed by atoms with Crippen molar-refractivity contribution >= 4 is 22.8 Å². The van der Waals surface area contributed by atoms with E-state index in [2.05, 4.69) is 35.3 Å². The molecule has 0 aliphatic carbocycles. The van der Waals surface area contributed by atoms with Gasteiger partial charge in [0.05, 0.1) is 29.6 Å². The molecule has 0 fully saturated rings. The van der Waals surface area contributed by atoms with Gasteiger partial charge in [-0.15, -0.1) is 0 Å². The Balaban J connectivity index is 1.67. The Bertz CT molecular complexity index is 1230. The number of nitrogens with zero attached hydrogens (tertiary/aromatic N) is 6. The number of nitrogens with one attached hydrogen (secondary N) is 2. The summed E-state index contributed by atoms with van der Waals surface area (Å²) in [7, 11) is 1.84. The lowest BCUT2D eigenvalue weighted by molar-refractivity contribution is -0.144. The number of imidazole rings is 1. The summed E-state index contributed by atoms with van der Waals surface area (Å²) in [4.78, 5) is 18.5. The molecular weight excluding hydrogens is 411 g/mol. The largest absolute Gasteiger partial charge is 0.449 e. The summed E-state index contributed by atoms with van der Waals surface area (Å²) in [6.45, 7) is 3.71. The van der Waals surface area contributed by atoms with E-state index in [-0.39, 0.29) is 23.5 Å². The molecule has 4 aromatic rings. The molecular formula is C19H20F3N9. The maximum atomic E-state index is 12.9. The number of aromatic amines is 1. The molecule has 1 unspecified atom stereocenters. The highest BCUT2D eigenvalue weighted by atomic mass is 19.4. The van der Waals surface area contributed by atoms with Crippen LogP contribution in [-0.2, 0) is 13.2 Å². The molecule has 4 rings (SSSR count). The summed E-state index contributed by atoms with van der Waals surface area (Å²) >= 11 is 0. The van der Waals surface area contributed by atoms with Crippen LogP contribution in [0.25, 0.3) is 22.3 Å². The van der Waals surface area contributed by atoms with E-state index < -0.39 is 18.0 Å². The van der Waals surface area contributed by atoms with E-state index >= 15 is 0 Å². The Morgan fingerprint density at radius 1 is 1.13 bits per heavy atom. The van der Waals surface area contributed by atoms with E-state index in [9.17, 15) is 13.2 Å². The van der Waals surface area contributed by atoms with Crippen molar-refractivity contribution in [2.24, 2.45) is 13.0 Å². The molecule has 0 amide bonds. The summed E-state index contributed by atoms with van der Waals surface area (Å²) in [5.74, 6) is -0.688. The van der Waals surface area contributed by atoms with Gasteiger partial charge in [-0.1, -0.05) is 13.8 Å². The van der Waals surface area contributed by atoms with Crippen molar-refractivity contribution in [3.8, 4) is 11.4 Å². The van der Waals surface area contributed by atoms with E-state index in [1.165, 1.54) is 0 Å². The molecule has 0 aliphatic heterocycles. The highest BCUT2D eigenvalue weighted by Crippen LogP contribution is 2.30. The van der Waals surface area contributed by atoms with Crippen LogP contribution >= 0.6 is 0 Å². The summed E-state index contributed by atoms with van der Waals surface area (Å²) in [5, 5.41) is 8.18. The lowest BCUT2D eigenvalue weighted by Crippen LogP contribution is -2.20. The van der Waals surface area contributed by atoms with Gasteiger partial charge in [0.25, 0.3) is 0 Å². The number of aromatic nitrogens is 7. The van der Waals surface area contributed by atoms with Crippen LogP contribution in [0.4, 0.5) is 25.1 Å². The molecule has 12 heteroatoms. The highest BCUT2D eigenvalue weighted by molar-refractivity contribution is 5.83. The maximum absolute atomic E-state index is 12.9. The van der Waals surface area contributed by atoms with Crippen LogP contribution in [0.2, 0.25) is 0 Å². The van der Waals surface area contributed by atoms with Crippen LogP contribution in [0.15, 0.2) is 30.6 Å². The smallest absolute Gasteiger partial charge is 0.368 e. The van der Waals surface area contributed by atoms with Gasteiger partial charge in [-0.05, 0) is 24.1 Å². The molecule has 1 aromatic carbocycles. The Morgan fingerprint density at radius 3 is 2.58 bits per heavy atom. The number of halogens is 3. The quantitative estimate of drug-likeness (QED) is 0.441. The number of aryl methyl sites for hydroxylation is 1. The molecule has 0 aliphatic rings. The monoisotopic (exact) mass is 431 g/mol. The predicted molar refractivity (Wildman–Crippen MR) is 109 cm³/mol. The summed E-state index contributed by atoms with van der Waals surface area (Å²) in [5.41, 5.74) is 7.80. The lowest BCUT2D eigenvalue weighted by atomic mass is 10.0.